The molecule has 0 saturated heterocycles. The molecule has 0 aliphatic carbocycles. The molecule has 1 aromatic carbocycles. The molecule has 0 bridgehead atoms. The van der Waals surface area contributed by atoms with Crippen molar-refractivity contribution in [3.05, 3.63) is 42.9 Å². The zero-order chi connectivity index (χ0) is 12.1. The molecule has 86 valence electrons. The van der Waals surface area contributed by atoms with Crippen LogP contribution in [0.5, 0.6) is 0 Å². The predicted octanol–water partition coefficient (Wildman–Crippen LogP) is 2.31. The van der Waals surface area contributed by atoms with Crippen molar-refractivity contribution in [2.45, 2.75) is 0 Å². The first-order chi connectivity index (χ1) is 8.24. The molecule has 0 aliphatic heterocycles. The summed E-state index contributed by atoms with van der Waals surface area (Å²) >= 11 is 0. The second-order valence-electron chi connectivity index (χ2n) is 3.23. The molecule has 0 aliphatic rings. The van der Waals surface area contributed by atoms with E-state index < -0.39 is 6.09 Å². The van der Waals surface area contributed by atoms with Crippen molar-refractivity contribution >= 4 is 23.3 Å². The molecule has 0 saturated carbocycles. The Bertz CT molecular complexity index is 499. The maximum atomic E-state index is 10.4. The second-order valence-corrected chi connectivity index (χ2v) is 3.23. The van der Waals surface area contributed by atoms with Crippen LogP contribution in [0, 0.1) is 0 Å². The smallest absolute Gasteiger partial charge is 0.409 e. The van der Waals surface area contributed by atoms with E-state index in [1.54, 1.807) is 36.5 Å². The number of carbonyl (C=O) groups is 1. The molecule has 0 radical (unpaired) electrons. The monoisotopic (exact) mass is 230 g/mol. The fourth-order valence-corrected chi connectivity index (χ4v) is 1.27. The average molecular weight is 230 g/mol. The molecule has 1 amide bonds. The summed E-state index contributed by atoms with van der Waals surface area (Å²) < 4.78 is 0. The zero-order valence-electron chi connectivity index (χ0n) is 8.79. The van der Waals surface area contributed by atoms with Gasteiger partial charge in [-0.2, -0.15) is 0 Å². The highest BCUT2D eigenvalue weighted by atomic mass is 16.4. The maximum Gasteiger partial charge on any atom is 0.409 e. The Balaban J connectivity index is 2.06. The van der Waals surface area contributed by atoms with Gasteiger partial charge in [0, 0.05) is 17.6 Å². The highest BCUT2D eigenvalue weighted by Gasteiger charge is 1.98. The van der Waals surface area contributed by atoms with Crippen molar-refractivity contribution in [1.82, 2.24) is 9.97 Å². The van der Waals surface area contributed by atoms with Gasteiger partial charge in [-0.05, 0) is 30.3 Å². The van der Waals surface area contributed by atoms with Crippen LogP contribution < -0.4 is 10.6 Å². The van der Waals surface area contributed by atoms with Gasteiger partial charge in [-0.3, -0.25) is 5.32 Å². The van der Waals surface area contributed by atoms with Gasteiger partial charge in [0.1, 0.15) is 12.1 Å². The number of nitrogens with zero attached hydrogens (tertiary/aromatic N) is 2. The summed E-state index contributed by atoms with van der Waals surface area (Å²) in [7, 11) is 0. The summed E-state index contributed by atoms with van der Waals surface area (Å²) in [5.41, 5.74) is 1.34. The van der Waals surface area contributed by atoms with E-state index in [9.17, 15) is 4.79 Å². The Morgan fingerprint density at radius 3 is 2.41 bits per heavy atom. The average Bonchev–Trinajstić information content (AvgIpc) is 2.32. The Labute approximate surface area is 97.3 Å². The van der Waals surface area contributed by atoms with Crippen molar-refractivity contribution in [1.29, 1.82) is 0 Å². The normalized spacial score (nSPS) is 9.65. The summed E-state index contributed by atoms with van der Waals surface area (Å²) in [6.45, 7) is 0. The fourth-order valence-electron chi connectivity index (χ4n) is 1.27. The summed E-state index contributed by atoms with van der Waals surface area (Å²) in [5, 5.41) is 13.8. The minimum Gasteiger partial charge on any atom is -0.465 e. The van der Waals surface area contributed by atoms with Crippen LogP contribution in [0.25, 0.3) is 0 Å². The molecule has 0 unspecified atom stereocenters. The number of hydrogen-bond acceptors (Lipinski definition) is 4. The lowest BCUT2D eigenvalue weighted by Gasteiger charge is -2.06. The van der Waals surface area contributed by atoms with Crippen LogP contribution in [0.15, 0.2) is 42.9 Å². The third-order valence-electron chi connectivity index (χ3n) is 1.99. The number of hydrogen-bond donors (Lipinski definition) is 3. The van der Waals surface area contributed by atoms with E-state index in [4.69, 9.17) is 5.11 Å². The Kier molecular flexibility index (Phi) is 3.15. The third-order valence-corrected chi connectivity index (χ3v) is 1.99. The van der Waals surface area contributed by atoms with Gasteiger partial charge in [-0.1, -0.05) is 0 Å². The standard InChI is InChI=1S/C11H10N4O2/c16-11(17)15-9-3-1-8(2-4-9)14-10-5-6-12-7-13-10/h1-7,15H,(H,16,17)(H,12,13,14). The number of carboxylic acid groups (broad SMARTS) is 1. The predicted molar refractivity (Wildman–Crippen MR) is 63.4 cm³/mol. The fraction of sp³-hybridized carbons (Fsp3) is 0. The first kappa shape index (κ1) is 10.9. The van der Waals surface area contributed by atoms with Gasteiger partial charge in [0.25, 0.3) is 0 Å². The number of anilines is 3. The summed E-state index contributed by atoms with van der Waals surface area (Å²) in [5.74, 6) is 0.680. The highest BCUT2D eigenvalue weighted by molar-refractivity contribution is 5.83. The van der Waals surface area contributed by atoms with Gasteiger partial charge < -0.3 is 10.4 Å². The van der Waals surface area contributed by atoms with E-state index in [2.05, 4.69) is 20.6 Å². The van der Waals surface area contributed by atoms with Crippen molar-refractivity contribution < 1.29 is 9.90 Å². The van der Waals surface area contributed by atoms with Crippen molar-refractivity contribution in [2.75, 3.05) is 10.6 Å². The summed E-state index contributed by atoms with van der Waals surface area (Å²) in [6.07, 6.45) is 2.00. The summed E-state index contributed by atoms with van der Waals surface area (Å²) in [4.78, 5) is 18.2. The minimum atomic E-state index is -1.08. The Morgan fingerprint density at radius 1 is 1.12 bits per heavy atom. The molecular weight excluding hydrogens is 220 g/mol. The number of benzene rings is 1. The van der Waals surface area contributed by atoms with Gasteiger partial charge in [-0.25, -0.2) is 14.8 Å². The largest absolute Gasteiger partial charge is 0.465 e. The lowest BCUT2D eigenvalue weighted by molar-refractivity contribution is 0.210. The minimum absolute atomic E-state index is 0.519. The van der Waals surface area contributed by atoms with E-state index in [0.29, 0.717) is 11.5 Å². The molecule has 17 heavy (non-hydrogen) atoms. The van der Waals surface area contributed by atoms with E-state index in [-0.39, 0.29) is 0 Å². The highest BCUT2D eigenvalue weighted by Crippen LogP contribution is 2.16. The molecule has 0 atom stereocenters. The molecule has 6 nitrogen and oxygen atoms in total. The number of aromatic nitrogens is 2. The number of rotatable bonds is 3. The van der Waals surface area contributed by atoms with Crippen LogP contribution in [0.3, 0.4) is 0 Å². The molecule has 1 aromatic heterocycles. The topological polar surface area (TPSA) is 87.1 Å². The van der Waals surface area contributed by atoms with Crippen molar-refractivity contribution in [3.63, 3.8) is 0 Å². The van der Waals surface area contributed by atoms with Gasteiger partial charge in [0.15, 0.2) is 0 Å². The van der Waals surface area contributed by atoms with Crippen LogP contribution in [-0.4, -0.2) is 21.2 Å². The van der Waals surface area contributed by atoms with Gasteiger partial charge in [0.05, 0.1) is 0 Å². The Hall–Kier alpha value is -2.63. The van der Waals surface area contributed by atoms with Crippen molar-refractivity contribution in [2.24, 2.45) is 0 Å². The van der Waals surface area contributed by atoms with E-state index in [1.807, 2.05) is 0 Å². The van der Waals surface area contributed by atoms with Crippen LogP contribution in [0.4, 0.5) is 22.0 Å². The maximum absolute atomic E-state index is 10.4. The quantitative estimate of drug-likeness (QED) is 0.753. The molecule has 2 rings (SSSR count). The number of nitrogens with one attached hydrogen (secondary N) is 2. The van der Waals surface area contributed by atoms with Gasteiger partial charge in [-0.15, -0.1) is 0 Å². The van der Waals surface area contributed by atoms with Crippen LogP contribution in [0.2, 0.25) is 0 Å². The van der Waals surface area contributed by atoms with E-state index in [0.717, 1.165) is 5.69 Å². The molecule has 0 fully saturated rings. The lowest BCUT2D eigenvalue weighted by Crippen LogP contribution is -2.06. The first-order valence-corrected chi connectivity index (χ1v) is 4.87. The second kappa shape index (κ2) is 4.93. The van der Waals surface area contributed by atoms with Crippen LogP contribution in [0.1, 0.15) is 0 Å². The number of amides is 1. The Morgan fingerprint density at radius 2 is 1.82 bits per heavy atom. The van der Waals surface area contributed by atoms with E-state index in [1.165, 1.54) is 6.33 Å². The third kappa shape index (κ3) is 3.16. The SMILES string of the molecule is O=C(O)Nc1ccc(Nc2ccncn2)cc1. The molecule has 1 heterocycles. The first-order valence-electron chi connectivity index (χ1n) is 4.87. The van der Waals surface area contributed by atoms with Gasteiger partial charge >= 0.3 is 6.09 Å². The van der Waals surface area contributed by atoms with Gasteiger partial charge in [0.2, 0.25) is 0 Å². The molecular formula is C11H10N4O2. The molecule has 6 heteroatoms. The molecule has 3 N–H and O–H groups in total. The van der Waals surface area contributed by atoms with Crippen LogP contribution >= 0.6 is 0 Å². The van der Waals surface area contributed by atoms with E-state index >= 15 is 0 Å². The lowest BCUT2D eigenvalue weighted by atomic mass is 10.3. The zero-order valence-corrected chi connectivity index (χ0v) is 8.79. The molecule has 2 aromatic rings. The summed E-state index contributed by atoms with van der Waals surface area (Å²) in [6, 6.07) is 8.58. The molecule has 0 spiro atoms. The van der Waals surface area contributed by atoms with Crippen LogP contribution in [-0.2, 0) is 0 Å². The van der Waals surface area contributed by atoms with Crippen molar-refractivity contribution in [3.8, 4) is 0 Å².